The van der Waals surface area contributed by atoms with E-state index in [9.17, 15) is 0 Å². The molecule has 0 saturated heterocycles. The van der Waals surface area contributed by atoms with Gasteiger partial charge in [-0.3, -0.25) is 0 Å². The molecule has 2 unspecified atom stereocenters. The monoisotopic (exact) mass is 240 g/mol. The lowest BCUT2D eigenvalue weighted by atomic mass is 9.89. The van der Waals surface area contributed by atoms with Gasteiger partial charge in [-0.1, -0.05) is 49.0 Å². The Hall–Kier alpha value is -0.640. The van der Waals surface area contributed by atoms with Crippen LogP contribution in [0, 0.1) is 17.8 Å². The highest BCUT2D eigenvalue weighted by Gasteiger charge is 2.13. The lowest BCUT2D eigenvalue weighted by Crippen LogP contribution is -2.03. The van der Waals surface area contributed by atoms with Crippen molar-refractivity contribution in [2.45, 2.75) is 26.7 Å². The van der Waals surface area contributed by atoms with Gasteiger partial charge in [0.1, 0.15) is 0 Å². The van der Waals surface area contributed by atoms with Gasteiger partial charge < -0.3 is 0 Å². The Bertz CT molecular complexity index is 399. The summed E-state index contributed by atoms with van der Waals surface area (Å²) < 4.78 is 0. The molecule has 1 aromatic rings. The van der Waals surface area contributed by atoms with E-state index in [1.54, 1.807) is 0 Å². The predicted octanol–water partition coefficient (Wildman–Crippen LogP) is 4.76. The Morgan fingerprint density at radius 1 is 1.13 bits per heavy atom. The first-order chi connectivity index (χ1) is 7.06. The van der Waals surface area contributed by atoms with Gasteiger partial charge in [0, 0.05) is 5.92 Å². The summed E-state index contributed by atoms with van der Waals surface area (Å²) in [5.41, 5.74) is 1.18. The minimum atomic E-state index is 0.326. The fourth-order valence-electron chi connectivity index (χ4n) is 1.44. The van der Waals surface area contributed by atoms with E-state index in [1.165, 1.54) is 5.56 Å². The average Bonchev–Trinajstić information content (AvgIpc) is 2.21. The number of hydrogen-bond acceptors (Lipinski definition) is 0. The molecule has 15 heavy (non-hydrogen) atoms. The van der Waals surface area contributed by atoms with Gasteiger partial charge in [-0.25, -0.2) is 0 Å². The summed E-state index contributed by atoms with van der Waals surface area (Å²) in [6.45, 7) is 6.12. The van der Waals surface area contributed by atoms with Crippen molar-refractivity contribution in [3.05, 3.63) is 33.8 Å². The summed E-state index contributed by atoms with van der Waals surface area (Å²) in [5, 5.41) is 1.21. The van der Waals surface area contributed by atoms with Gasteiger partial charge in [-0.15, -0.1) is 5.92 Å². The maximum atomic E-state index is 5.97. The molecule has 80 valence electrons. The zero-order valence-corrected chi connectivity index (χ0v) is 10.7. The van der Waals surface area contributed by atoms with Gasteiger partial charge in [0.15, 0.2) is 0 Å². The summed E-state index contributed by atoms with van der Waals surface area (Å²) in [7, 11) is 0. The van der Waals surface area contributed by atoms with E-state index in [1.807, 2.05) is 25.1 Å². The molecule has 0 radical (unpaired) electrons. The molecule has 0 fully saturated rings. The van der Waals surface area contributed by atoms with E-state index >= 15 is 0 Å². The van der Waals surface area contributed by atoms with Crippen LogP contribution in [-0.2, 0) is 0 Å². The van der Waals surface area contributed by atoms with E-state index in [0.29, 0.717) is 21.9 Å². The summed E-state index contributed by atoms with van der Waals surface area (Å²) >= 11 is 11.8. The molecule has 1 rings (SSSR count). The van der Waals surface area contributed by atoms with Crippen LogP contribution < -0.4 is 0 Å². The molecule has 0 aliphatic carbocycles. The van der Waals surface area contributed by atoms with Crippen LogP contribution >= 0.6 is 23.2 Å². The lowest BCUT2D eigenvalue weighted by molar-refractivity contribution is 0.610. The smallest absolute Gasteiger partial charge is 0.0595 e. The second-order valence-corrected chi connectivity index (χ2v) is 4.46. The van der Waals surface area contributed by atoms with Crippen LogP contribution in [0.5, 0.6) is 0 Å². The molecule has 0 aromatic heterocycles. The Balaban J connectivity index is 2.94. The van der Waals surface area contributed by atoms with Gasteiger partial charge in [-0.2, -0.15) is 0 Å². The first kappa shape index (κ1) is 12.4. The lowest BCUT2D eigenvalue weighted by Gasteiger charge is -2.15. The topological polar surface area (TPSA) is 0 Å². The standard InChI is InChI=1S/C13H14Cl2/c1-4-5-9(2)10(3)11-6-7-12(14)13(15)8-11/h6-10H,1-3H3. The van der Waals surface area contributed by atoms with Crippen molar-refractivity contribution in [3.8, 4) is 11.8 Å². The molecular weight excluding hydrogens is 227 g/mol. The van der Waals surface area contributed by atoms with Crippen LogP contribution in [0.4, 0.5) is 0 Å². The van der Waals surface area contributed by atoms with Gasteiger partial charge in [0.25, 0.3) is 0 Å². The summed E-state index contributed by atoms with van der Waals surface area (Å²) in [6, 6.07) is 5.76. The summed E-state index contributed by atoms with van der Waals surface area (Å²) in [4.78, 5) is 0. The highest BCUT2D eigenvalue weighted by atomic mass is 35.5. The molecular formula is C13H14Cl2. The molecule has 0 amide bonds. The van der Waals surface area contributed by atoms with Crippen molar-refractivity contribution in [1.29, 1.82) is 0 Å². The number of hydrogen-bond donors (Lipinski definition) is 0. The molecule has 0 aliphatic heterocycles. The van der Waals surface area contributed by atoms with Crippen molar-refractivity contribution in [1.82, 2.24) is 0 Å². The van der Waals surface area contributed by atoms with Crippen molar-refractivity contribution in [2.75, 3.05) is 0 Å². The average molecular weight is 241 g/mol. The summed E-state index contributed by atoms with van der Waals surface area (Å²) in [6.07, 6.45) is 0. The van der Waals surface area contributed by atoms with Crippen LogP contribution in [0.25, 0.3) is 0 Å². The highest BCUT2D eigenvalue weighted by Crippen LogP contribution is 2.29. The van der Waals surface area contributed by atoms with Gasteiger partial charge >= 0.3 is 0 Å². The van der Waals surface area contributed by atoms with Gasteiger partial charge in [0.2, 0.25) is 0 Å². The van der Waals surface area contributed by atoms with Crippen LogP contribution in [0.15, 0.2) is 18.2 Å². The van der Waals surface area contributed by atoms with Crippen LogP contribution in [-0.4, -0.2) is 0 Å². The third-order valence-electron chi connectivity index (χ3n) is 2.59. The number of benzene rings is 1. The Morgan fingerprint density at radius 3 is 2.33 bits per heavy atom. The maximum absolute atomic E-state index is 5.97. The molecule has 0 bridgehead atoms. The molecule has 2 heteroatoms. The van der Waals surface area contributed by atoms with E-state index in [0.717, 1.165) is 0 Å². The largest absolute Gasteiger partial charge is 0.106 e. The molecule has 0 nitrogen and oxygen atoms in total. The SMILES string of the molecule is CC#CC(C)C(C)c1ccc(Cl)c(Cl)c1. The number of rotatable bonds is 2. The van der Waals surface area contributed by atoms with Crippen LogP contribution in [0.3, 0.4) is 0 Å². The van der Waals surface area contributed by atoms with Crippen molar-refractivity contribution in [3.63, 3.8) is 0 Å². The van der Waals surface area contributed by atoms with E-state index in [2.05, 4.69) is 25.7 Å². The Kier molecular flexibility index (Phi) is 4.51. The fourth-order valence-corrected chi connectivity index (χ4v) is 1.74. The Labute approximate surface area is 102 Å². The van der Waals surface area contributed by atoms with Crippen molar-refractivity contribution < 1.29 is 0 Å². The second kappa shape index (κ2) is 5.45. The molecule has 0 spiro atoms. The zero-order valence-electron chi connectivity index (χ0n) is 9.14. The normalized spacial score (nSPS) is 13.9. The first-order valence-electron chi connectivity index (χ1n) is 4.93. The van der Waals surface area contributed by atoms with Gasteiger partial charge in [0.05, 0.1) is 10.0 Å². The summed E-state index contributed by atoms with van der Waals surface area (Å²) in [5.74, 6) is 6.78. The highest BCUT2D eigenvalue weighted by molar-refractivity contribution is 6.42. The fraction of sp³-hybridized carbons (Fsp3) is 0.385. The van der Waals surface area contributed by atoms with E-state index < -0.39 is 0 Å². The molecule has 0 heterocycles. The quantitative estimate of drug-likeness (QED) is 0.655. The molecule has 0 aliphatic rings. The zero-order chi connectivity index (χ0) is 11.4. The maximum Gasteiger partial charge on any atom is 0.0595 e. The third-order valence-corrected chi connectivity index (χ3v) is 3.33. The second-order valence-electron chi connectivity index (χ2n) is 3.65. The third kappa shape index (κ3) is 3.16. The molecule has 2 atom stereocenters. The predicted molar refractivity (Wildman–Crippen MR) is 67.5 cm³/mol. The first-order valence-corrected chi connectivity index (χ1v) is 5.69. The Morgan fingerprint density at radius 2 is 1.80 bits per heavy atom. The van der Waals surface area contributed by atoms with Crippen LogP contribution in [0.1, 0.15) is 32.3 Å². The van der Waals surface area contributed by atoms with Crippen molar-refractivity contribution >= 4 is 23.2 Å². The van der Waals surface area contributed by atoms with Crippen molar-refractivity contribution in [2.24, 2.45) is 5.92 Å². The van der Waals surface area contributed by atoms with E-state index in [-0.39, 0.29) is 0 Å². The number of halogens is 2. The molecule has 0 N–H and O–H groups in total. The molecule has 0 saturated carbocycles. The minimum absolute atomic E-state index is 0.326. The molecule has 1 aromatic carbocycles. The minimum Gasteiger partial charge on any atom is -0.106 e. The van der Waals surface area contributed by atoms with Gasteiger partial charge in [-0.05, 0) is 30.5 Å². The van der Waals surface area contributed by atoms with Crippen LogP contribution in [0.2, 0.25) is 10.0 Å². The van der Waals surface area contributed by atoms with E-state index in [4.69, 9.17) is 23.2 Å².